The van der Waals surface area contributed by atoms with Gasteiger partial charge in [0.15, 0.2) is 0 Å². The van der Waals surface area contributed by atoms with E-state index < -0.39 is 12.2 Å². The minimum Gasteiger partial charge on any atom is -0.508 e. The van der Waals surface area contributed by atoms with Crippen molar-refractivity contribution in [1.82, 2.24) is 20.0 Å². The third-order valence-corrected chi connectivity index (χ3v) is 8.01. The highest BCUT2D eigenvalue weighted by Crippen LogP contribution is 2.30. The Morgan fingerprint density at radius 3 is 2.39 bits per heavy atom. The molecule has 0 aromatic heterocycles. The van der Waals surface area contributed by atoms with Crippen molar-refractivity contribution in [2.45, 2.75) is 38.1 Å². The van der Waals surface area contributed by atoms with Crippen molar-refractivity contribution in [2.24, 2.45) is 0 Å². The van der Waals surface area contributed by atoms with E-state index in [1.807, 2.05) is 72.8 Å². The van der Waals surface area contributed by atoms with Crippen LogP contribution in [0, 0.1) is 0 Å². The SMILES string of the molecule is O=C1[C@@H](Cc2ccc(O)cc2)N2C(=O)CCN(C(=O)NCc3ccccc3)C2CN1Cc1cccc2ccccc12. The first-order valence-corrected chi connectivity index (χ1v) is 13.9. The van der Waals surface area contributed by atoms with Gasteiger partial charge in [0.25, 0.3) is 0 Å². The molecular weight excluding hydrogens is 516 g/mol. The third kappa shape index (κ3) is 5.45. The van der Waals surface area contributed by atoms with Crippen LogP contribution in [-0.2, 0) is 29.1 Å². The van der Waals surface area contributed by atoms with E-state index in [0.717, 1.165) is 27.5 Å². The lowest BCUT2D eigenvalue weighted by Crippen LogP contribution is -2.72. The molecule has 2 aliphatic rings. The molecule has 6 rings (SSSR count). The van der Waals surface area contributed by atoms with Gasteiger partial charge in [-0.05, 0) is 39.6 Å². The number of hydrogen-bond acceptors (Lipinski definition) is 4. The second-order valence-corrected chi connectivity index (χ2v) is 10.6. The number of piperazine rings is 1. The van der Waals surface area contributed by atoms with Crippen LogP contribution < -0.4 is 5.32 Å². The van der Waals surface area contributed by atoms with Gasteiger partial charge in [-0.25, -0.2) is 4.79 Å². The second kappa shape index (κ2) is 11.3. The maximum absolute atomic E-state index is 14.1. The zero-order valence-corrected chi connectivity index (χ0v) is 22.6. The first kappa shape index (κ1) is 26.4. The maximum Gasteiger partial charge on any atom is 0.319 e. The predicted molar refractivity (Wildman–Crippen MR) is 156 cm³/mol. The molecule has 2 N–H and O–H groups in total. The molecule has 208 valence electrons. The fourth-order valence-corrected chi connectivity index (χ4v) is 5.93. The van der Waals surface area contributed by atoms with Gasteiger partial charge in [0.2, 0.25) is 11.8 Å². The summed E-state index contributed by atoms with van der Waals surface area (Å²) >= 11 is 0. The third-order valence-electron chi connectivity index (χ3n) is 8.01. The molecule has 0 radical (unpaired) electrons. The molecular formula is C33H32N4O4. The molecule has 4 aromatic carbocycles. The van der Waals surface area contributed by atoms with Gasteiger partial charge in [0.1, 0.15) is 18.0 Å². The summed E-state index contributed by atoms with van der Waals surface area (Å²) < 4.78 is 0. The standard InChI is InChI=1S/C33H32N4O4/c38-27-15-13-23(14-16-27)19-29-32(40)35(21-26-11-6-10-25-9-4-5-12-28(25)26)22-30-36(18-17-31(39)37(29)30)33(41)34-20-24-7-2-1-3-8-24/h1-16,29-30,38H,17-22H2,(H,34,41)/t29-,30?/m1/s1. The van der Waals surface area contributed by atoms with Crippen molar-refractivity contribution in [3.05, 3.63) is 114 Å². The summed E-state index contributed by atoms with van der Waals surface area (Å²) in [6.07, 6.45) is -0.160. The van der Waals surface area contributed by atoms with E-state index in [2.05, 4.69) is 5.32 Å². The van der Waals surface area contributed by atoms with Crippen molar-refractivity contribution < 1.29 is 19.5 Å². The highest BCUT2D eigenvalue weighted by atomic mass is 16.3. The zero-order valence-electron chi connectivity index (χ0n) is 22.6. The molecule has 2 aliphatic heterocycles. The number of carbonyl (C=O) groups is 3. The van der Waals surface area contributed by atoms with Crippen molar-refractivity contribution in [3.8, 4) is 5.75 Å². The Hall–Kier alpha value is -4.85. The van der Waals surface area contributed by atoms with Crippen molar-refractivity contribution in [1.29, 1.82) is 0 Å². The number of urea groups is 1. The molecule has 2 fully saturated rings. The zero-order chi connectivity index (χ0) is 28.3. The second-order valence-electron chi connectivity index (χ2n) is 10.6. The van der Waals surface area contributed by atoms with Gasteiger partial charge in [-0.15, -0.1) is 0 Å². The Bertz CT molecular complexity index is 1570. The number of benzene rings is 4. The topological polar surface area (TPSA) is 93.2 Å². The Balaban J connectivity index is 1.32. The number of amides is 4. The molecule has 0 bridgehead atoms. The van der Waals surface area contributed by atoms with Gasteiger partial charge in [0, 0.05) is 32.5 Å². The number of phenolic OH excluding ortho intramolecular Hbond substituents is 1. The van der Waals surface area contributed by atoms with Crippen LogP contribution in [0.15, 0.2) is 97.1 Å². The van der Waals surface area contributed by atoms with Gasteiger partial charge in [-0.1, -0.05) is 84.9 Å². The minimum atomic E-state index is -0.773. The van der Waals surface area contributed by atoms with Crippen molar-refractivity contribution >= 4 is 28.6 Å². The highest BCUT2D eigenvalue weighted by Gasteiger charge is 2.48. The van der Waals surface area contributed by atoms with Crippen molar-refractivity contribution in [3.63, 3.8) is 0 Å². The number of nitrogens with zero attached hydrogens (tertiary/aromatic N) is 3. The van der Waals surface area contributed by atoms with Crippen LogP contribution in [0.5, 0.6) is 5.75 Å². The molecule has 4 amide bonds. The minimum absolute atomic E-state index is 0.134. The lowest BCUT2D eigenvalue weighted by Gasteiger charge is -2.52. The van der Waals surface area contributed by atoms with Gasteiger partial charge >= 0.3 is 6.03 Å². The normalized spacial score (nSPS) is 18.9. The van der Waals surface area contributed by atoms with E-state index >= 15 is 0 Å². The van der Waals surface area contributed by atoms with E-state index in [0.29, 0.717) is 13.1 Å². The molecule has 8 nitrogen and oxygen atoms in total. The van der Waals surface area contributed by atoms with Gasteiger partial charge < -0.3 is 25.1 Å². The average Bonchev–Trinajstić information content (AvgIpc) is 3.00. The largest absolute Gasteiger partial charge is 0.508 e. The molecule has 8 heteroatoms. The van der Waals surface area contributed by atoms with Crippen LogP contribution >= 0.6 is 0 Å². The number of rotatable bonds is 6. The molecule has 0 spiro atoms. The number of carbonyl (C=O) groups excluding carboxylic acids is 3. The van der Waals surface area contributed by atoms with Gasteiger partial charge in [-0.3, -0.25) is 9.59 Å². The summed E-state index contributed by atoms with van der Waals surface area (Å²) in [5.74, 6) is -0.152. The summed E-state index contributed by atoms with van der Waals surface area (Å²) in [6, 6.07) is 29.4. The van der Waals surface area contributed by atoms with E-state index in [1.165, 1.54) is 0 Å². The quantitative estimate of drug-likeness (QED) is 0.377. The highest BCUT2D eigenvalue weighted by molar-refractivity contribution is 5.92. The molecule has 2 heterocycles. The molecule has 2 saturated heterocycles. The number of hydrogen-bond donors (Lipinski definition) is 2. The summed E-state index contributed by atoms with van der Waals surface area (Å²) in [6.45, 7) is 1.23. The first-order valence-electron chi connectivity index (χ1n) is 13.9. The molecule has 2 atom stereocenters. The molecule has 0 saturated carbocycles. The maximum atomic E-state index is 14.1. The Morgan fingerprint density at radius 1 is 0.854 bits per heavy atom. The molecule has 1 unspecified atom stereocenters. The molecule has 41 heavy (non-hydrogen) atoms. The van der Waals surface area contributed by atoms with Crippen LogP contribution in [0.3, 0.4) is 0 Å². The van der Waals surface area contributed by atoms with Gasteiger partial charge in [-0.2, -0.15) is 0 Å². The Morgan fingerprint density at radius 2 is 1.59 bits per heavy atom. The summed E-state index contributed by atoms with van der Waals surface area (Å²) in [4.78, 5) is 46.0. The van der Waals surface area contributed by atoms with Gasteiger partial charge in [0.05, 0.1) is 6.54 Å². The summed E-state index contributed by atoms with van der Waals surface area (Å²) in [5.41, 5.74) is 2.81. The Labute approximate surface area is 238 Å². The average molecular weight is 549 g/mol. The van der Waals surface area contributed by atoms with Crippen LogP contribution in [0.2, 0.25) is 0 Å². The van der Waals surface area contributed by atoms with Crippen molar-refractivity contribution in [2.75, 3.05) is 13.1 Å². The predicted octanol–water partition coefficient (Wildman–Crippen LogP) is 4.27. The summed E-state index contributed by atoms with van der Waals surface area (Å²) in [5, 5.41) is 14.9. The fourth-order valence-electron chi connectivity index (χ4n) is 5.93. The monoisotopic (exact) mass is 548 g/mol. The smallest absolute Gasteiger partial charge is 0.319 e. The van der Waals surface area contributed by atoms with Crippen LogP contribution in [-0.4, -0.2) is 62.9 Å². The van der Waals surface area contributed by atoms with Crippen LogP contribution in [0.25, 0.3) is 10.8 Å². The van der Waals surface area contributed by atoms with Crippen LogP contribution in [0.4, 0.5) is 4.79 Å². The summed E-state index contributed by atoms with van der Waals surface area (Å²) in [7, 11) is 0. The number of phenols is 1. The first-order chi connectivity index (χ1) is 20.0. The van der Waals surface area contributed by atoms with Crippen LogP contribution in [0.1, 0.15) is 23.1 Å². The lowest BCUT2D eigenvalue weighted by molar-refractivity contribution is -0.167. The lowest BCUT2D eigenvalue weighted by atomic mass is 9.96. The Kier molecular flexibility index (Phi) is 7.29. The molecule has 0 aliphatic carbocycles. The number of nitrogens with one attached hydrogen (secondary N) is 1. The van der Waals surface area contributed by atoms with E-state index in [1.54, 1.807) is 39.0 Å². The molecule has 4 aromatic rings. The van der Waals surface area contributed by atoms with E-state index in [9.17, 15) is 19.5 Å². The van der Waals surface area contributed by atoms with E-state index in [4.69, 9.17) is 0 Å². The van der Waals surface area contributed by atoms with E-state index in [-0.39, 0.29) is 49.5 Å². The number of fused-ring (bicyclic) bond motifs is 2. The fraction of sp³-hybridized carbons (Fsp3) is 0.242. The number of aromatic hydroxyl groups is 1.